The number of carbonyl (C=O) groups excluding carboxylic acids is 2. The fourth-order valence-electron chi connectivity index (χ4n) is 1.61. The van der Waals surface area contributed by atoms with Crippen LogP contribution in [0.1, 0.15) is 12.5 Å². The minimum absolute atomic E-state index is 0.0943. The number of hydrazone groups is 1. The Hall–Kier alpha value is -2.61. The third-order valence-electron chi connectivity index (χ3n) is 2.81. The van der Waals surface area contributed by atoms with E-state index >= 15 is 0 Å². The predicted molar refractivity (Wildman–Crippen MR) is 87.3 cm³/mol. The molecule has 0 spiro atoms. The number of aromatic nitrogens is 1. The summed E-state index contributed by atoms with van der Waals surface area (Å²) in [4.78, 5) is 27.3. The molecule has 0 radical (unpaired) electrons. The van der Waals surface area contributed by atoms with Crippen molar-refractivity contribution in [1.82, 2.24) is 10.4 Å². The smallest absolute Gasteiger partial charge is 0.315 e. The lowest BCUT2D eigenvalue weighted by Gasteiger charge is -2.06. The number of nitrogens with one attached hydrogen (secondary N) is 2. The first-order valence-corrected chi connectivity index (χ1v) is 7.27. The van der Waals surface area contributed by atoms with Crippen LogP contribution >= 0.6 is 15.9 Å². The molecule has 0 atom stereocenters. The molecule has 23 heavy (non-hydrogen) atoms. The highest BCUT2D eigenvalue weighted by molar-refractivity contribution is 9.10. The standard InChI is InChI=1S/C15H12BrFN4O2/c1-9(10-4-6-18-7-5-10)20-21-15(23)14(22)19-13-3-2-11(16)8-12(13)17/h2-8H,1H3,(H,19,22)(H,21,23). The van der Waals surface area contributed by atoms with Crippen LogP contribution < -0.4 is 10.7 Å². The van der Waals surface area contributed by atoms with E-state index in [4.69, 9.17) is 0 Å². The first-order chi connectivity index (χ1) is 11.0. The summed E-state index contributed by atoms with van der Waals surface area (Å²) < 4.78 is 14.1. The molecular weight excluding hydrogens is 367 g/mol. The number of anilines is 1. The van der Waals surface area contributed by atoms with Crippen molar-refractivity contribution >= 4 is 39.1 Å². The zero-order valence-electron chi connectivity index (χ0n) is 12.0. The minimum atomic E-state index is -1.02. The van der Waals surface area contributed by atoms with Crippen molar-refractivity contribution in [1.29, 1.82) is 0 Å². The number of halogens is 2. The third-order valence-corrected chi connectivity index (χ3v) is 3.30. The van der Waals surface area contributed by atoms with Gasteiger partial charge in [0.2, 0.25) is 0 Å². The molecule has 0 unspecified atom stereocenters. The molecule has 0 aliphatic carbocycles. The van der Waals surface area contributed by atoms with E-state index in [-0.39, 0.29) is 5.69 Å². The van der Waals surface area contributed by atoms with Gasteiger partial charge in [-0.25, -0.2) is 9.82 Å². The molecule has 1 aromatic carbocycles. The summed E-state index contributed by atoms with van der Waals surface area (Å²) >= 11 is 3.10. The fraction of sp³-hybridized carbons (Fsp3) is 0.0667. The molecule has 2 N–H and O–H groups in total. The molecule has 118 valence electrons. The second-order valence-corrected chi connectivity index (χ2v) is 5.37. The SMILES string of the molecule is CC(=NNC(=O)C(=O)Nc1ccc(Br)cc1F)c1ccncc1. The van der Waals surface area contributed by atoms with E-state index in [1.165, 1.54) is 12.1 Å². The van der Waals surface area contributed by atoms with Crippen molar-refractivity contribution in [3.8, 4) is 0 Å². The van der Waals surface area contributed by atoms with E-state index in [2.05, 4.69) is 36.8 Å². The average molecular weight is 379 g/mol. The van der Waals surface area contributed by atoms with E-state index in [0.29, 0.717) is 10.2 Å². The van der Waals surface area contributed by atoms with Crippen LogP contribution in [0.2, 0.25) is 0 Å². The maximum absolute atomic E-state index is 13.6. The van der Waals surface area contributed by atoms with Gasteiger partial charge in [0.05, 0.1) is 11.4 Å². The van der Waals surface area contributed by atoms with Crippen molar-refractivity contribution in [3.05, 3.63) is 58.6 Å². The van der Waals surface area contributed by atoms with Crippen LogP contribution in [-0.2, 0) is 9.59 Å². The van der Waals surface area contributed by atoms with Gasteiger partial charge in [-0.2, -0.15) is 5.10 Å². The van der Waals surface area contributed by atoms with Gasteiger partial charge in [-0.05, 0) is 37.3 Å². The fourth-order valence-corrected chi connectivity index (χ4v) is 1.95. The van der Waals surface area contributed by atoms with Gasteiger partial charge in [-0.3, -0.25) is 14.6 Å². The summed E-state index contributed by atoms with van der Waals surface area (Å²) in [7, 11) is 0. The van der Waals surface area contributed by atoms with E-state index in [1.807, 2.05) is 0 Å². The van der Waals surface area contributed by atoms with Crippen LogP contribution in [-0.4, -0.2) is 22.5 Å². The van der Waals surface area contributed by atoms with Crippen molar-refractivity contribution in [2.75, 3.05) is 5.32 Å². The number of benzene rings is 1. The molecule has 0 aliphatic rings. The van der Waals surface area contributed by atoms with Gasteiger partial charge in [0, 0.05) is 22.4 Å². The Labute approximate surface area is 139 Å². The first kappa shape index (κ1) is 16.8. The third kappa shape index (κ3) is 4.68. The van der Waals surface area contributed by atoms with Crippen molar-refractivity contribution in [2.45, 2.75) is 6.92 Å². The van der Waals surface area contributed by atoms with Crippen LogP contribution in [0.4, 0.5) is 10.1 Å². The van der Waals surface area contributed by atoms with Crippen LogP contribution in [0.3, 0.4) is 0 Å². The Morgan fingerprint density at radius 2 is 1.87 bits per heavy atom. The van der Waals surface area contributed by atoms with E-state index in [9.17, 15) is 14.0 Å². The van der Waals surface area contributed by atoms with Gasteiger partial charge in [0.15, 0.2) is 0 Å². The molecule has 2 rings (SSSR count). The number of hydrogen-bond donors (Lipinski definition) is 2. The Morgan fingerprint density at radius 1 is 1.17 bits per heavy atom. The van der Waals surface area contributed by atoms with E-state index in [1.54, 1.807) is 37.5 Å². The number of amides is 2. The van der Waals surface area contributed by atoms with E-state index in [0.717, 1.165) is 5.56 Å². The second-order valence-electron chi connectivity index (χ2n) is 4.45. The quantitative estimate of drug-likeness (QED) is 0.488. The van der Waals surface area contributed by atoms with Crippen LogP contribution in [0.25, 0.3) is 0 Å². The largest absolute Gasteiger partial charge is 0.329 e. The zero-order valence-corrected chi connectivity index (χ0v) is 13.6. The lowest BCUT2D eigenvalue weighted by molar-refractivity contribution is -0.136. The van der Waals surface area contributed by atoms with Crippen molar-refractivity contribution < 1.29 is 14.0 Å². The number of hydrogen-bond acceptors (Lipinski definition) is 4. The molecule has 6 nitrogen and oxygen atoms in total. The highest BCUT2D eigenvalue weighted by atomic mass is 79.9. The number of carbonyl (C=O) groups is 2. The van der Waals surface area contributed by atoms with E-state index < -0.39 is 17.6 Å². The Bertz CT molecular complexity index is 765. The van der Waals surface area contributed by atoms with Gasteiger partial charge < -0.3 is 5.32 Å². The maximum Gasteiger partial charge on any atom is 0.329 e. The normalized spacial score (nSPS) is 11.0. The summed E-state index contributed by atoms with van der Waals surface area (Å²) in [5.74, 6) is -2.67. The summed E-state index contributed by atoms with van der Waals surface area (Å²) in [6, 6.07) is 7.49. The molecule has 2 aromatic rings. The van der Waals surface area contributed by atoms with Crippen LogP contribution in [0.5, 0.6) is 0 Å². The lowest BCUT2D eigenvalue weighted by Crippen LogP contribution is -2.33. The van der Waals surface area contributed by atoms with Gasteiger partial charge in [-0.1, -0.05) is 15.9 Å². The Morgan fingerprint density at radius 3 is 2.52 bits per heavy atom. The highest BCUT2D eigenvalue weighted by Crippen LogP contribution is 2.19. The highest BCUT2D eigenvalue weighted by Gasteiger charge is 2.15. The molecule has 0 bridgehead atoms. The zero-order chi connectivity index (χ0) is 16.8. The molecule has 0 saturated heterocycles. The monoisotopic (exact) mass is 378 g/mol. The average Bonchev–Trinajstić information content (AvgIpc) is 2.55. The van der Waals surface area contributed by atoms with Crippen molar-refractivity contribution in [2.24, 2.45) is 5.10 Å². The van der Waals surface area contributed by atoms with Crippen molar-refractivity contribution in [3.63, 3.8) is 0 Å². The first-order valence-electron chi connectivity index (χ1n) is 6.48. The molecule has 2 amide bonds. The summed E-state index contributed by atoms with van der Waals surface area (Å²) in [5, 5.41) is 6.00. The van der Waals surface area contributed by atoms with Crippen LogP contribution in [0, 0.1) is 5.82 Å². The summed E-state index contributed by atoms with van der Waals surface area (Å²) in [6.45, 7) is 1.67. The maximum atomic E-state index is 13.6. The lowest BCUT2D eigenvalue weighted by atomic mass is 10.2. The molecule has 0 saturated carbocycles. The van der Waals surface area contributed by atoms with Gasteiger partial charge >= 0.3 is 11.8 Å². The van der Waals surface area contributed by atoms with Gasteiger partial charge in [0.25, 0.3) is 0 Å². The number of nitrogens with zero attached hydrogens (tertiary/aromatic N) is 2. The second kappa shape index (κ2) is 7.59. The molecule has 0 aliphatic heterocycles. The topological polar surface area (TPSA) is 83.5 Å². The Kier molecular flexibility index (Phi) is 5.53. The Balaban J connectivity index is 1.99. The van der Waals surface area contributed by atoms with Gasteiger partial charge in [-0.15, -0.1) is 0 Å². The number of rotatable bonds is 3. The number of pyridine rings is 1. The summed E-state index contributed by atoms with van der Waals surface area (Å²) in [6.07, 6.45) is 3.17. The molecular formula is C15H12BrFN4O2. The van der Waals surface area contributed by atoms with Crippen LogP contribution in [0.15, 0.2) is 52.3 Å². The molecule has 8 heteroatoms. The van der Waals surface area contributed by atoms with Gasteiger partial charge in [0.1, 0.15) is 5.82 Å². The predicted octanol–water partition coefficient (Wildman–Crippen LogP) is 2.46. The summed E-state index contributed by atoms with van der Waals surface area (Å²) in [5.41, 5.74) is 3.28. The molecule has 1 aromatic heterocycles. The molecule has 0 fully saturated rings. The molecule has 1 heterocycles. The minimum Gasteiger partial charge on any atom is -0.315 e.